The third kappa shape index (κ3) is 3.61. The summed E-state index contributed by atoms with van der Waals surface area (Å²) in [4.78, 5) is 10.5. The number of aliphatic carboxylic acids is 1. The lowest BCUT2D eigenvalue weighted by atomic mass is 10.2. The number of hydrogen-bond donors (Lipinski definition) is 2. The first-order valence-corrected chi connectivity index (χ1v) is 6.87. The Balaban J connectivity index is 2.39. The SMILES string of the molecule is CC(C(=O)O)S(=O)(=O)NCCC1=CCCC1. The summed E-state index contributed by atoms with van der Waals surface area (Å²) >= 11 is 0. The number of carboxylic acid groups (broad SMARTS) is 1. The number of hydrogen-bond acceptors (Lipinski definition) is 3. The minimum atomic E-state index is -3.73. The van der Waals surface area contributed by atoms with Crippen molar-refractivity contribution < 1.29 is 18.3 Å². The van der Waals surface area contributed by atoms with Crippen LogP contribution in [0.2, 0.25) is 0 Å². The van der Waals surface area contributed by atoms with Gasteiger partial charge in [0.15, 0.2) is 5.25 Å². The van der Waals surface area contributed by atoms with E-state index in [1.165, 1.54) is 12.5 Å². The second-order valence-electron chi connectivity index (χ2n) is 3.92. The highest BCUT2D eigenvalue weighted by Crippen LogP contribution is 2.19. The van der Waals surface area contributed by atoms with Crippen LogP contribution < -0.4 is 4.72 Å². The molecule has 0 saturated carbocycles. The molecule has 1 aliphatic rings. The van der Waals surface area contributed by atoms with Crippen molar-refractivity contribution >= 4 is 16.0 Å². The Hall–Kier alpha value is -0.880. The van der Waals surface area contributed by atoms with Crippen molar-refractivity contribution in [3.05, 3.63) is 11.6 Å². The van der Waals surface area contributed by atoms with Crippen molar-refractivity contribution in [2.75, 3.05) is 6.54 Å². The maximum Gasteiger partial charge on any atom is 0.323 e. The summed E-state index contributed by atoms with van der Waals surface area (Å²) in [5.41, 5.74) is 1.26. The van der Waals surface area contributed by atoms with Gasteiger partial charge in [-0.25, -0.2) is 13.1 Å². The third-order valence-corrected chi connectivity index (χ3v) is 4.44. The van der Waals surface area contributed by atoms with Gasteiger partial charge in [0, 0.05) is 6.54 Å². The molecule has 5 nitrogen and oxygen atoms in total. The van der Waals surface area contributed by atoms with Gasteiger partial charge in [0.05, 0.1) is 0 Å². The Bertz CT molecular complexity index is 386. The summed E-state index contributed by atoms with van der Waals surface area (Å²) in [6.07, 6.45) is 6.01. The molecule has 1 atom stereocenters. The van der Waals surface area contributed by atoms with E-state index in [1.54, 1.807) is 0 Å². The molecule has 0 spiro atoms. The average molecular weight is 247 g/mol. The molecule has 2 N–H and O–H groups in total. The normalized spacial score (nSPS) is 18.2. The predicted octanol–water partition coefficient (Wildman–Crippen LogP) is 0.879. The van der Waals surface area contributed by atoms with Gasteiger partial charge in [0.1, 0.15) is 0 Å². The van der Waals surface area contributed by atoms with E-state index >= 15 is 0 Å². The van der Waals surface area contributed by atoms with Crippen LogP contribution in [0.1, 0.15) is 32.6 Å². The number of allylic oxidation sites excluding steroid dienone is 1. The highest BCUT2D eigenvalue weighted by atomic mass is 32.2. The quantitative estimate of drug-likeness (QED) is 0.682. The fourth-order valence-corrected chi connectivity index (χ4v) is 2.48. The van der Waals surface area contributed by atoms with Gasteiger partial charge >= 0.3 is 5.97 Å². The molecule has 0 aliphatic heterocycles. The van der Waals surface area contributed by atoms with Crippen LogP contribution in [0.5, 0.6) is 0 Å². The zero-order valence-electron chi connectivity index (χ0n) is 9.27. The van der Waals surface area contributed by atoms with E-state index in [2.05, 4.69) is 10.8 Å². The van der Waals surface area contributed by atoms with Gasteiger partial charge in [-0.1, -0.05) is 11.6 Å². The Morgan fingerprint density at radius 3 is 2.81 bits per heavy atom. The minimum Gasteiger partial charge on any atom is -0.480 e. The number of rotatable bonds is 6. The van der Waals surface area contributed by atoms with Gasteiger partial charge in [0.25, 0.3) is 0 Å². The predicted molar refractivity (Wildman–Crippen MR) is 60.6 cm³/mol. The standard InChI is InChI=1S/C10H17NO4S/c1-8(10(12)13)16(14,15)11-7-6-9-4-2-3-5-9/h4,8,11H,2-3,5-7H2,1H3,(H,12,13). The zero-order valence-corrected chi connectivity index (χ0v) is 10.1. The summed E-state index contributed by atoms with van der Waals surface area (Å²) in [5, 5.41) is 7.20. The molecule has 92 valence electrons. The molecule has 0 heterocycles. The van der Waals surface area contributed by atoms with Crippen LogP contribution >= 0.6 is 0 Å². The molecule has 0 aromatic carbocycles. The van der Waals surface area contributed by atoms with Crippen molar-refractivity contribution in [1.29, 1.82) is 0 Å². The molecule has 1 aliphatic carbocycles. The molecular weight excluding hydrogens is 230 g/mol. The van der Waals surface area contributed by atoms with Crippen LogP contribution in [-0.4, -0.2) is 31.3 Å². The van der Waals surface area contributed by atoms with Gasteiger partial charge in [-0.15, -0.1) is 0 Å². The van der Waals surface area contributed by atoms with Gasteiger partial charge < -0.3 is 5.11 Å². The van der Waals surface area contributed by atoms with E-state index in [9.17, 15) is 13.2 Å². The Kier molecular flexibility index (Phi) is 4.49. The van der Waals surface area contributed by atoms with E-state index < -0.39 is 21.2 Å². The maximum atomic E-state index is 11.4. The van der Waals surface area contributed by atoms with E-state index in [1.807, 2.05) is 0 Å². The highest BCUT2D eigenvalue weighted by molar-refractivity contribution is 7.90. The summed E-state index contributed by atoms with van der Waals surface area (Å²) in [6.45, 7) is 1.45. The van der Waals surface area contributed by atoms with Crippen LogP contribution in [0.4, 0.5) is 0 Å². The molecule has 0 fully saturated rings. The van der Waals surface area contributed by atoms with Crippen LogP contribution in [0.25, 0.3) is 0 Å². The fraction of sp³-hybridized carbons (Fsp3) is 0.700. The molecular formula is C10H17NO4S. The number of nitrogens with one attached hydrogen (secondary N) is 1. The van der Waals surface area contributed by atoms with Gasteiger partial charge in [-0.3, -0.25) is 4.79 Å². The average Bonchev–Trinajstić information content (AvgIpc) is 2.69. The zero-order chi connectivity index (χ0) is 12.2. The van der Waals surface area contributed by atoms with E-state index in [4.69, 9.17) is 5.11 Å². The number of sulfonamides is 1. The van der Waals surface area contributed by atoms with E-state index in [-0.39, 0.29) is 6.54 Å². The lowest BCUT2D eigenvalue weighted by Gasteiger charge is -2.10. The first-order chi connectivity index (χ1) is 7.43. The lowest BCUT2D eigenvalue weighted by Crippen LogP contribution is -2.37. The second kappa shape index (κ2) is 5.45. The van der Waals surface area contributed by atoms with Crippen molar-refractivity contribution in [2.45, 2.75) is 37.9 Å². The van der Waals surface area contributed by atoms with Gasteiger partial charge in [-0.05, 0) is 32.6 Å². The molecule has 0 saturated heterocycles. The fourth-order valence-electron chi connectivity index (χ4n) is 1.58. The molecule has 0 bridgehead atoms. The second-order valence-corrected chi connectivity index (χ2v) is 6.01. The van der Waals surface area contributed by atoms with Crippen molar-refractivity contribution in [1.82, 2.24) is 4.72 Å². The summed E-state index contributed by atoms with van der Waals surface area (Å²) in [5.74, 6) is -1.33. The highest BCUT2D eigenvalue weighted by Gasteiger charge is 2.26. The lowest BCUT2D eigenvalue weighted by molar-refractivity contribution is -0.136. The van der Waals surface area contributed by atoms with Crippen LogP contribution in [0.3, 0.4) is 0 Å². The molecule has 16 heavy (non-hydrogen) atoms. The summed E-state index contributed by atoms with van der Waals surface area (Å²) in [7, 11) is -3.73. The van der Waals surface area contributed by atoms with E-state index in [0.29, 0.717) is 6.42 Å². The van der Waals surface area contributed by atoms with Crippen LogP contribution in [0, 0.1) is 0 Å². The molecule has 1 rings (SSSR count). The third-order valence-electron chi connectivity index (χ3n) is 2.70. The molecule has 0 aromatic rings. The molecule has 0 radical (unpaired) electrons. The molecule has 1 unspecified atom stereocenters. The molecule has 0 aromatic heterocycles. The molecule has 6 heteroatoms. The maximum absolute atomic E-state index is 11.4. The van der Waals surface area contributed by atoms with Crippen LogP contribution in [0.15, 0.2) is 11.6 Å². The van der Waals surface area contributed by atoms with Crippen molar-refractivity contribution in [2.24, 2.45) is 0 Å². The largest absolute Gasteiger partial charge is 0.480 e. The summed E-state index contributed by atoms with van der Waals surface area (Å²) in [6, 6.07) is 0. The van der Waals surface area contributed by atoms with Gasteiger partial charge in [0.2, 0.25) is 10.0 Å². The Morgan fingerprint density at radius 1 is 1.62 bits per heavy atom. The number of carbonyl (C=O) groups is 1. The van der Waals surface area contributed by atoms with E-state index in [0.717, 1.165) is 19.3 Å². The first kappa shape index (κ1) is 13.2. The monoisotopic (exact) mass is 247 g/mol. The first-order valence-electron chi connectivity index (χ1n) is 5.32. The summed E-state index contributed by atoms with van der Waals surface area (Å²) < 4.78 is 25.2. The van der Waals surface area contributed by atoms with Gasteiger partial charge in [-0.2, -0.15) is 0 Å². The van der Waals surface area contributed by atoms with Crippen LogP contribution in [-0.2, 0) is 14.8 Å². The topological polar surface area (TPSA) is 83.5 Å². The Morgan fingerprint density at radius 2 is 2.31 bits per heavy atom. The Labute approximate surface area is 95.6 Å². The number of carboxylic acids is 1. The van der Waals surface area contributed by atoms with Crippen molar-refractivity contribution in [3.63, 3.8) is 0 Å². The minimum absolute atomic E-state index is 0.284. The van der Waals surface area contributed by atoms with Crippen molar-refractivity contribution in [3.8, 4) is 0 Å². The smallest absolute Gasteiger partial charge is 0.323 e. The molecule has 0 amide bonds.